The molecule has 0 amide bonds. The van der Waals surface area contributed by atoms with Gasteiger partial charge in [0.2, 0.25) is 0 Å². The van der Waals surface area contributed by atoms with Crippen LogP contribution in [0.25, 0.3) is 11.0 Å². The van der Waals surface area contributed by atoms with Gasteiger partial charge in [-0.15, -0.1) is 0 Å². The minimum atomic E-state index is -0.0426. The Balaban J connectivity index is 2.04. The summed E-state index contributed by atoms with van der Waals surface area (Å²) in [6.07, 6.45) is 4.97. The average Bonchev–Trinajstić information content (AvgIpc) is 2.48. The van der Waals surface area contributed by atoms with Crippen molar-refractivity contribution >= 4 is 16.9 Å². The Morgan fingerprint density at radius 1 is 1.41 bits per heavy atom. The lowest BCUT2D eigenvalue weighted by Gasteiger charge is -2.29. The van der Waals surface area contributed by atoms with Crippen molar-refractivity contribution in [3.63, 3.8) is 0 Å². The molecule has 1 aliphatic carbocycles. The third-order valence-corrected chi connectivity index (χ3v) is 4.57. The van der Waals surface area contributed by atoms with E-state index in [0.29, 0.717) is 18.9 Å². The molecule has 1 fully saturated rings. The molecule has 0 radical (unpaired) electrons. The topological polar surface area (TPSA) is 72.9 Å². The average molecular weight is 300 g/mol. The first-order valence-corrected chi connectivity index (χ1v) is 8.16. The molecule has 1 aromatic heterocycles. The zero-order chi connectivity index (χ0) is 15.5. The maximum Gasteiger partial charge on any atom is 0.294 e. The van der Waals surface area contributed by atoms with E-state index < -0.39 is 0 Å². The first kappa shape index (κ1) is 15.0. The molecular formula is C17H24N4O. The van der Waals surface area contributed by atoms with Gasteiger partial charge >= 0.3 is 0 Å². The Kier molecular flexibility index (Phi) is 4.43. The third kappa shape index (κ3) is 2.86. The standard InChI is InChI=1S/C17H24N4O/c1-12(11-13-5-4-6-13)21-15-8-3-2-7-14(15)20-16(17(21)22)19-10-9-18/h2-3,7-8,12-13H,4-6,9-11,18H2,1H3,(H,19,20)/t12-/m0/s1. The van der Waals surface area contributed by atoms with Crippen molar-refractivity contribution in [3.8, 4) is 0 Å². The number of hydrogen-bond donors (Lipinski definition) is 2. The van der Waals surface area contributed by atoms with Gasteiger partial charge in [0.1, 0.15) is 0 Å². The maximum atomic E-state index is 12.8. The highest BCUT2D eigenvalue weighted by molar-refractivity contribution is 5.76. The summed E-state index contributed by atoms with van der Waals surface area (Å²) >= 11 is 0. The van der Waals surface area contributed by atoms with Crippen molar-refractivity contribution in [2.45, 2.75) is 38.6 Å². The molecule has 2 aromatic rings. The van der Waals surface area contributed by atoms with E-state index in [2.05, 4.69) is 17.2 Å². The molecule has 5 nitrogen and oxygen atoms in total. The number of aromatic nitrogens is 2. The molecule has 0 saturated heterocycles. The number of rotatable bonds is 6. The number of anilines is 1. The van der Waals surface area contributed by atoms with E-state index in [1.54, 1.807) is 0 Å². The van der Waals surface area contributed by atoms with Crippen molar-refractivity contribution in [1.82, 2.24) is 9.55 Å². The van der Waals surface area contributed by atoms with E-state index in [1.807, 2.05) is 28.8 Å². The molecule has 1 aliphatic rings. The summed E-state index contributed by atoms with van der Waals surface area (Å²) in [6, 6.07) is 8.03. The van der Waals surface area contributed by atoms with Crippen molar-refractivity contribution in [2.75, 3.05) is 18.4 Å². The zero-order valence-corrected chi connectivity index (χ0v) is 13.1. The van der Waals surface area contributed by atoms with E-state index >= 15 is 0 Å². The highest BCUT2D eigenvalue weighted by Crippen LogP contribution is 2.34. The van der Waals surface area contributed by atoms with Gasteiger partial charge < -0.3 is 15.6 Å². The Bertz CT molecular complexity index is 705. The fraction of sp³-hybridized carbons (Fsp3) is 0.529. The molecule has 0 aliphatic heterocycles. The van der Waals surface area contributed by atoms with Gasteiger partial charge in [-0.3, -0.25) is 4.79 Å². The summed E-state index contributed by atoms with van der Waals surface area (Å²) in [5.74, 6) is 1.17. The summed E-state index contributed by atoms with van der Waals surface area (Å²) in [4.78, 5) is 17.3. The monoisotopic (exact) mass is 300 g/mol. The smallest absolute Gasteiger partial charge is 0.294 e. The normalized spacial score (nSPS) is 16.5. The van der Waals surface area contributed by atoms with E-state index in [9.17, 15) is 4.79 Å². The SMILES string of the molecule is C[C@@H](CC1CCC1)n1c(=O)c(NCCN)nc2ccccc21. The number of nitrogens with one attached hydrogen (secondary N) is 1. The number of nitrogens with zero attached hydrogens (tertiary/aromatic N) is 2. The second kappa shape index (κ2) is 6.48. The largest absolute Gasteiger partial charge is 0.364 e. The Morgan fingerprint density at radius 2 is 2.18 bits per heavy atom. The lowest BCUT2D eigenvalue weighted by Crippen LogP contribution is -2.30. The van der Waals surface area contributed by atoms with Crippen LogP contribution in [0.4, 0.5) is 5.82 Å². The van der Waals surface area contributed by atoms with Crippen LogP contribution in [0, 0.1) is 5.92 Å². The third-order valence-electron chi connectivity index (χ3n) is 4.57. The Morgan fingerprint density at radius 3 is 2.86 bits per heavy atom. The van der Waals surface area contributed by atoms with E-state index in [1.165, 1.54) is 19.3 Å². The molecular weight excluding hydrogens is 276 g/mol. The van der Waals surface area contributed by atoms with Crippen LogP contribution in [0.2, 0.25) is 0 Å². The number of hydrogen-bond acceptors (Lipinski definition) is 4. The Labute approximate surface area is 130 Å². The number of fused-ring (bicyclic) bond motifs is 1. The zero-order valence-electron chi connectivity index (χ0n) is 13.1. The summed E-state index contributed by atoms with van der Waals surface area (Å²) < 4.78 is 1.90. The molecule has 0 spiro atoms. The lowest BCUT2D eigenvalue weighted by atomic mass is 9.81. The van der Waals surface area contributed by atoms with E-state index in [0.717, 1.165) is 23.4 Å². The lowest BCUT2D eigenvalue weighted by molar-refractivity contribution is 0.257. The maximum absolute atomic E-state index is 12.8. The van der Waals surface area contributed by atoms with Gasteiger partial charge in [0.15, 0.2) is 5.82 Å². The van der Waals surface area contributed by atoms with Crippen molar-refractivity contribution in [3.05, 3.63) is 34.6 Å². The summed E-state index contributed by atoms with van der Waals surface area (Å²) in [6.45, 7) is 3.17. The van der Waals surface area contributed by atoms with E-state index in [4.69, 9.17) is 5.73 Å². The van der Waals surface area contributed by atoms with Gasteiger partial charge in [0.05, 0.1) is 11.0 Å². The Hall–Kier alpha value is -1.88. The fourth-order valence-electron chi connectivity index (χ4n) is 3.21. The number of nitrogens with two attached hydrogens (primary N) is 1. The van der Waals surface area contributed by atoms with Gasteiger partial charge in [-0.05, 0) is 31.4 Å². The highest BCUT2D eigenvalue weighted by atomic mass is 16.1. The van der Waals surface area contributed by atoms with E-state index in [-0.39, 0.29) is 11.6 Å². The van der Waals surface area contributed by atoms with Crippen LogP contribution in [0.3, 0.4) is 0 Å². The molecule has 1 atom stereocenters. The second-order valence-electron chi connectivity index (χ2n) is 6.22. The van der Waals surface area contributed by atoms with Crippen LogP contribution in [0.15, 0.2) is 29.1 Å². The fourth-order valence-corrected chi connectivity index (χ4v) is 3.21. The van der Waals surface area contributed by atoms with Gasteiger partial charge in [-0.2, -0.15) is 0 Å². The van der Waals surface area contributed by atoms with Crippen LogP contribution in [0.5, 0.6) is 0 Å². The number of para-hydroxylation sites is 2. The minimum Gasteiger partial charge on any atom is -0.364 e. The first-order valence-electron chi connectivity index (χ1n) is 8.16. The summed E-state index contributed by atoms with van der Waals surface area (Å²) in [5.41, 5.74) is 7.25. The van der Waals surface area contributed by atoms with Crippen LogP contribution in [0.1, 0.15) is 38.6 Å². The summed E-state index contributed by atoms with van der Waals surface area (Å²) in [5, 5.41) is 3.06. The molecule has 118 valence electrons. The molecule has 1 aromatic carbocycles. The molecule has 3 rings (SSSR count). The molecule has 3 N–H and O–H groups in total. The highest BCUT2D eigenvalue weighted by Gasteiger charge is 2.23. The molecule has 1 heterocycles. The van der Waals surface area contributed by atoms with Crippen molar-refractivity contribution in [1.29, 1.82) is 0 Å². The molecule has 1 saturated carbocycles. The van der Waals surface area contributed by atoms with Crippen LogP contribution in [-0.4, -0.2) is 22.6 Å². The molecule has 0 bridgehead atoms. The van der Waals surface area contributed by atoms with Gasteiger partial charge in [0, 0.05) is 19.1 Å². The molecule has 0 unspecified atom stereocenters. The van der Waals surface area contributed by atoms with Crippen LogP contribution < -0.4 is 16.6 Å². The number of benzene rings is 1. The predicted octanol–water partition coefficient (Wildman–Crippen LogP) is 2.52. The van der Waals surface area contributed by atoms with Crippen LogP contribution >= 0.6 is 0 Å². The second-order valence-corrected chi connectivity index (χ2v) is 6.22. The quantitative estimate of drug-likeness (QED) is 0.860. The van der Waals surface area contributed by atoms with Gasteiger partial charge in [-0.1, -0.05) is 31.4 Å². The summed E-state index contributed by atoms with van der Waals surface area (Å²) in [7, 11) is 0. The van der Waals surface area contributed by atoms with Crippen molar-refractivity contribution in [2.24, 2.45) is 11.7 Å². The first-order chi connectivity index (χ1) is 10.7. The predicted molar refractivity (Wildman–Crippen MR) is 90.2 cm³/mol. The minimum absolute atomic E-state index is 0.0426. The van der Waals surface area contributed by atoms with Gasteiger partial charge in [0.25, 0.3) is 5.56 Å². The van der Waals surface area contributed by atoms with Gasteiger partial charge in [-0.25, -0.2) is 4.98 Å². The molecule has 22 heavy (non-hydrogen) atoms. The molecule has 5 heteroatoms. The van der Waals surface area contributed by atoms with Crippen molar-refractivity contribution < 1.29 is 0 Å². The van der Waals surface area contributed by atoms with Crippen LogP contribution in [-0.2, 0) is 0 Å².